The first-order valence-electron chi connectivity index (χ1n) is 4.52. The van der Waals surface area contributed by atoms with Crippen LogP contribution in [0, 0.1) is 6.92 Å². The third-order valence-corrected chi connectivity index (χ3v) is 1.87. The van der Waals surface area contributed by atoms with Crippen molar-refractivity contribution in [1.82, 2.24) is 4.98 Å². The molecule has 0 radical (unpaired) electrons. The fourth-order valence-electron chi connectivity index (χ4n) is 1.13. The summed E-state index contributed by atoms with van der Waals surface area (Å²) in [6.07, 6.45) is 2.53. The fraction of sp³-hybridized carbons (Fsp3) is 0.500. The van der Waals surface area contributed by atoms with E-state index in [0.29, 0.717) is 0 Å². The van der Waals surface area contributed by atoms with Crippen LogP contribution in [0.25, 0.3) is 0 Å². The lowest BCUT2D eigenvalue weighted by molar-refractivity contribution is 0.282. The molecule has 3 nitrogen and oxygen atoms in total. The molecule has 0 fully saturated rings. The van der Waals surface area contributed by atoms with Crippen LogP contribution in [0.1, 0.15) is 18.9 Å². The summed E-state index contributed by atoms with van der Waals surface area (Å²) in [5.41, 5.74) is 1.19. The van der Waals surface area contributed by atoms with Crippen molar-refractivity contribution < 1.29 is 5.11 Å². The molecule has 0 aliphatic rings. The number of aromatic nitrogens is 1. The van der Waals surface area contributed by atoms with Crippen molar-refractivity contribution in [3.8, 4) is 0 Å². The molecule has 1 heterocycles. The van der Waals surface area contributed by atoms with Gasteiger partial charge in [0, 0.05) is 18.8 Å². The second-order valence-corrected chi connectivity index (χ2v) is 3.28. The lowest BCUT2D eigenvalue weighted by Crippen LogP contribution is -2.17. The number of nitrogens with one attached hydrogen (secondary N) is 1. The minimum Gasteiger partial charge on any atom is -0.396 e. The number of nitrogens with zero attached hydrogens (tertiary/aromatic N) is 1. The van der Waals surface area contributed by atoms with E-state index in [-0.39, 0.29) is 12.6 Å². The monoisotopic (exact) mass is 180 g/mol. The van der Waals surface area contributed by atoms with Gasteiger partial charge in [-0.2, -0.15) is 0 Å². The van der Waals surface area contributed by atoms with E-state index in [4.69, 9.17) is 5.11 Å². The van der Waals surface area contributed by atoms with Gasteiger partial charge in [-0.25, -0.2) is 4.98 Å². The molecule has 1 aromatic heterocycles. The van der Waals surface area contributed by atoms with Crippen LogP contribution in [0.3, 0.4) is 0 Å². The van der Waals surface area contributed by atoms with Gasteiger partial charge in [0.15, 0.2) is 0 Å². The molecule has 0 saturated carbocycles. The van der Waals surface area contributed by atoms with Crippen LogP contribution in [0.2, 0.25) is 0 Å². The smallest absolute Gasteiger partial charge is 0.126 e. The average Bonchev–Trinajstić information content (AvgIpc) is 2.04. The Bertz CT molecular complexity index is 263. The lowest BCUT2D eigenvalue weighted by atomic mass is 10.2. The second kappa shape index (κ2) is 4.82. The molecule has 0 bridgehead atoms. The molecule has 1 atom stereocenters. The topological polar surface area (TPSA) is 45.2 Å². The minimum atomic E-state index is 0.208. The van der Waals surface area contributed by atoms with Gasteiger partial charge in [0.05, 0.1) is 0 Å². The van der Waals surface area contributed by atoms with Crippen LogP contribution in [-0.2, 0) is 0 Å². The molecule has 0 spiro atoms. The molecule has 1 aromatic rings. The van der Waals surface area contributed by atoms with E-state index in [2.05, 4.69) is 10.3 Å². The van der Waals surface area contributed by atoms with Gasteiger partial charge in [-0.1, -0.05) is 0 Å². The van der Waals surface area contributed by atoms with Crippen LogP contribution >= 0.6 is 0 Å². The minimum absolute atomic E-state index is 0.208. The zero-order valence-corrected chi connectivity index (χ0v) is 8.12. The highest BCUT2D eigenvalue weighted by molar-refractivity contribution is 5.37. The van der Waals surface area contributed by atoms with Crippen LogP contribution in [-0.4, -0.2) is 22.7 Å². The standard InChI is InChI=1S/C10H16N2O/c1-8-3-5-11-10(7-8)12-9(2)4-6-13/h3,5,7,9,13H,4,6H2,1-2H3,(H,11,12). The maximum Gasteiger partial charge on any atom is 0.126 e. The summed E-state index contributed by atoms with van der Waals surface area (Å²) >= 11 is 0. The normalized spacial score (nSPS) is 12.5. The summed E-state index contributed by atoms with van der Waals surface area (Å²) in [5.74, 6) is 0.876. The molecular weight excluding hydrogens is 164 g/mol. The maximum atomic E-state index is 8.71. The van der Waals surface area contributed by atoms with Crippen molar-refractivity contribution in [3.63, 3.8) is 0 Å². The van der Waals surface area contributed by atoms with Gasteiger partial charge in [0.2, 0.25) is 0 Å². The molecule has 13 heavy (non-hydrogen) atoms. The first-order valence-corrected chi connectivity index (χ1v) is 4.52. The number of aliphatic hydroxyl groups excluding tert-OH is 1. The van der Waals surface area contributed by atoms with E-state index < -0.39 is 0 Å². The number of hydrogen-bond donors (Lipinski definition) is 2. The van der Waals surface area contributed by atoms with Gasteiger partial charge >= 0.3 is 0 Å². The molecule has 0 aromatic carbocycles. The first kappa shape index (κ1) is 9.99. The van der Waals surface area contributed by atoms with Crippen molar-refractivity contribution in [3.05, 3.63) is 23.9 Å². The molecule has 2 N–H and O–H groups in total. The van der Waals surface area contributed by atoms with E-state index >= 15 is 0 Å². The van der Waals surface area contributed by atoms with Crippen LogP contribution in [0.4, 0.5) is 5.82 Å². The maximum absolute atomic E-state index is 8.71. The highest BCUT2D eigenvalue weighted by atomic mass is 16.3. The highest BCUT2D eigenvalue weighted by Crippen LogP contribution is 2.07. The molecule has 72 valence electrons. The molecule has 0 aliphatic carbocycles. The predicted molar refractivity (Wildman–Crippen MR) is 53.8 cm³/mol. The van der Waals surface area contributed by atoms with Crippen molar-refractivity contribution in [2.45, 2.75) is 26.3 Å². The first-order chi connectivity index (χ1) is 6.22. The van der Waals surface area contributed by atoms with Gasteiger partial charge < -0.3 is 10.4 Å². The Labute approximate surface area is 78.8 Å². The Hall–Kier alpha value is -1.09. The molecule has 0 amide bonds. The molecule has 1 unspecified atom stereocenters. The Morgan fingerprint density at radius 3 is 3.00 bits per heavy atom. The number of anilines is 1. The molecule has 1 rings (SSSR count). The predicted octanol–water partition coefficient (Wildman–Crippen LogP) is 1.57. The number of aliphatic hydroxyl groups is 1. The van der Waals surface area contributed by atoms with E-state index in [9.17, 15) is 0 Å². The van der Waals surface area contributed by atoms with Gasteiger partial charge in [0.25, 0.3) is 0 Å². The average molecular weight is 180 g/mol. The summed E-state index contributed by atoms with van der Waals surface area (Å²) in [5, 5.41) is 11.9. The SMILES string of the molecule is Cc1ccnc(NC(C)CCO)c1. The Balaban J connectivity index is 2.53. The largest absolute Gasteiger partial charge is 0.396 e. The second-order valence-electron chi connectivity index (χ2n) is 3.28. The van der Waals surface area contributed by atoms with E-state index in [1.165, 1.54) is 5.56 Å². The van der Waals surface area contributed by atoms with Crippen LogP contribution in [0.15, 0.2) is 18.3 Å². The Morgan fingerprint density at radius 2 is 2.38 bits per heavy atom. The van der Waals surface area contributed by atoms with Crippen LogP contribution < -0.4 is 5.32 Å². The van der Waals surface area contributed by atoms with Crippen molar-refractivity contribution >= 4 is 5.82 Å². The summed E-state index contributed by atoms with van der Waals surface area (Å²) in [6.45, 7) is 4.27. The van der Waals surface area contributed by atoms with Gasteiger partial charge in [0.1, 0.15) is 5.82 Å². The highest BCUT2D eigenvalue weighted by Gasteiger charge is 2.01. The molecule has 0 aliphatic heterocycles. The Kier molecular flexibility index (Phi) is 3.71. The summed E-state index contributed by atoms with van der Waals surface area (Å²) in [6, 6.07) is 4.22. The van der Waals surface area contributed by atoms with E-state index in [0.717, 1.165) is 12.2 Å². The molecule has 3 heteroatoms. The summed E-state index contributed by atoms with van der Waals surface area (Å²) < 4.78 is 0. The Morgan fingerprint density at radius 1 is 1.62 bits per heavy atom. The number of rotatable bonds is 4. The number of aryl methyl sites for hydroxylation is 1. The number of hydrogen-bond acceptors (Lipinski definition) is 3. The van der Waals surface area contributed by atoms with E-state index in [1.54, 1.807) is 6.20 Å². The third kappa shape index (κ3) is 3.42. The van der Waals surface area contributed by atoms with Gasteiger partial charge in [-0.3, -0.25) is 0 Å². The van der Waals surface area contributed by atoms with Crippen molar-refractivity contribution in [2.75, 3.05) is 11.9 Å². The van der Waals surface area contributed by atoms with Crippen molar-refractivity contribution in [1.29, 1.82) is 0 Å². The number of pyridine rings is 1. The van der Waals surface area contributed by atoms with E-state index in [1.807, 2.05) is 26.0 Å². The third-order valence-electron chi connectivity index (χ3n) is 1.87. The molecule has 0 saturated heterocycles. The summed E-state index contributed by atoms with van der Waals surface area (Å²) in [7, 11) is 0. The van der Waals surface area contributed by atoms with Gasteiger partial charge in [-0.05, 0) is 38.0 Å². The fourth-order valence-corrected chi connectivity index (χ4v) is 1.13. The van der Waals surface area contributed by atoms with Crippen molar-refractivity contribution in [2.24, 2.45) is 0 Å². The van der Waals surface area contributed by atoms with Crippen LogP contribution in [0.5, 0.6) is 0 Å². The zero-order chi connectivity index (χ0) is 9.68. The quantitative estimate of drug-likeness (QED) is 0.739. The summed E-state index contributed by atoms with van der Waals surface area (Å²) in [4.78, 5) is 4.17. The van der Waals surface area contributed by atoms with Gasteiger partial charge in [-0.15, -0.1) is 0 Å². The zero-order valence-electron chi connectivity index (χ0n) is 8.12. The lowest BCUT2D eigenvalue weighted by Gasteiger charge is -2.12. The molecular formula is C10H16N2O.